The summed E-state index contributed by atoms with van der Waals surface area (Å²) < 4.78 is 13.8. The van der Waals surface area contributed by atoms with E-state index in [1.807, 2.05) is 48.9 Å². The van der Waals surface area contributed by atoms with Gasteiger partial charge < -0.3 is 14.8 Å². The lowest BCUT2D eigenvalue weighted by atomic mass is 10.1. The summed E-state index contributed by atoms with van der Waals surface area (Å²) in [5.74, 6) is 1.34. The molecule has 0 aliphatic heterocycles. The van der Waals surface area contributed by atoms with Crippen molar-refractivity contribution in [1.82, 2.24) is 20.1 Å². The van der Waals surface area contributed by atoms with Crippen LogP contribution in [0.1, 0.15) is 62.1 Å². The lowest BCUT2D eigenvalue weighted by Crippen LogP contribution is -2.42. The maximum atomic E-state index is 13.3. The number of aryl methyl sites for hydroxylation is 1. The predicted octanol–water partition coefficient (Wildman–Crippen LogP) is 4.45. The van der Waals surface area contributed by atoms with Gasteiger partial charge in [0.25, 0.3) is 5.91 Å². The van der Waals surface area contributed by atoms with Gasteiger partial charge in [0.05, 0.1) is 29.8 Å². The van der Waals surface area contributed by atoms with Crippen LogP contribution >= 0.6 is 0 Å². The Morgan fingerprint density at radius 1 is 1.26 bits per heavy atom. The van der Waals surface area contributed by atoms with Crippen LogP contribution in [0.4, 0.5) is 0 Å². The van der Waals surface area contributed by atoms with Gasteiger partial charge >= 0.3 is 0 Å². The van der Waals surface area contributed by atoms with Crippen molar-refractivity contribution >= 4 is 16.9 Å². The first kappa shape index (κ1) is 21.2. The smallest absolute Gasteiger partial charge is 0.252 e. The first-order valence-electron chi connectivity index (χ1n) is 11.0. The number of hydrogen-bond acceptors (Lipinski definition) is 5. The minimum atomic E-state index is -0.114. The van der Waals surface area contributed by atoms with Crippen LogP contribution < -0.4 is 14.8 Å². The zero-order valence-corrected chi connectivity index (χ0v) is 18.6. The van der Waals surface area contributed by atoms with Crippen LogP contribution in [0.3, 0.4) is 0 Å². The van der Waals surface area contributed by atoms with E-state index in [0.29, 0.717) is 12.2 Å². The fourth-order valence-electron chi connectivity index (χ4n) is 4.17. The molecule has 0 radical (unpaired) electrons. The van der Waals surface area contributed by atoms with Crippen molar-refractivity contribution in [2.24, 2.45) is 0 Å². The molecule has 1 amide bonds. The molecule has 1 saturated carbocycles. The van der Waals surface area contributed by atoms with Crippen molar-refractivity contribution in [3.8, 4) is 11.5 Å². The molecule has 0 unspecified atom stereocenters. The van der Waals surface area contributed by atoms with Gasteiger partial charge in [-0.2, -0.15) is 5.10 Å². The van der Waals surface area contributed by atoms with Crippen molar-refractivity contribution in [3.05, 3.63) is 47.8 Å². The highest BCUT2D eigenvalue weighted by atomic mass is 16.5. The average molecular weight is 423 g/mol. The monoisotopic (exact) mass is 422 g/mol. The Morgan fingerprint density at radius 2 is 2.03 bits per heavy atom. The second-order valence-corrected chi connectivity index (χ2v) is 8.28. The van der Waals surface area contributed by atoms with Crippen LogP contribution in [0.2, 0.25) is 0 Å². The van der Waals surface area contributed by atoms with Crippen molar-refractivity contribution in [1.29, 1.82) is 0 Å². The first-order valence-corrected chi connectivity index (χ1v) is 11.0. The van der Waals surface area contributed by atoms with E-state index in [2.05, 4.69) is 29.2 Å². The third-order valence-electron chi connectivity index (χ3n) is 5.62. The number of carbonyl (C=O) groups is 1. The zero-order chi connectivity index (χ0) is 22.0. The summed E-state index contributed by atoms with van der Waals surface area (Å²) in [4.78, 5) is 17.9. The van der Waals surface area contributed by atoms with Gasteiger partial charge in [0.2, 0.25) is 0 Å². The molecule has 164 valence electrons. The number of para-hydroxylation sites is 2. The molecule has 31 heavy (non-hydrogen) atoms. The van der Waals surface area contributed by atoms with E-state index >= 15 is 0 Å². The SMILES string of the molecule is CCOc1ccccc1O[C@@H]1CCC[C@H]1NC(=O)c1cc(C)nc2c1cnn2C(C)C. The number of nitrogens with zero attached hydrogens (tertiary/aromatic N) is 3. The molecular formula is C24H30N4O3. The van der Waals surface area contributed by atoms with E-state index in [1.165, 1.54) is 0 Å². The van der Waals surface area contributed by atoms with Crippen LogP contribution in [0.15, 0.2) is 36.5 Å². The van der Waals surface area contributed by atoms with Crippen molar-refractivity contribution in [2.45, 2.75) is 65.1 Å². The number of carbonyl (C=O) groups excluding carboxylic acids is 1. The van der Waals surface area contributed by atoms with Crippen LogP contribution in [0.5, 0.6) is 11.5 Å². The fourth-order valence-corrected chi connectivity index (χ4v) is 4.17. The number of amides is 1. The van der Waals surface area contributed by atoms with Crippen molar-refractivity contribution in [2.75, 3.05) is 6.61 Å². The number of hydrogen-bond donors (Lipinski definition) is 1. The van der Waals surface area contributed by atoms with Gasteiger partial charge in [-0.15, -0.1) is 0 Å². The van der Waals surface area contributed by atoms with Crippen LogP contribution in [-0.4, -0.2) is 39.4 Å². The summed E-state index contributed by atoms with van der Waals surface area (Å²) in [6.45, 7) is 8.54. The van der Waals surface area contributed by atoms with E-state index in [1.54, 1.807) is 6.20 Å². The minimum Gasteiger partial charge on any atom is -0.490 e. The number of ether oxygens (including phenoxy) is 2. The molecule has 1 fully saturated rings. The Labute approximate surface area is 182 Å². The average Bonchev–Trinajstić information content (AvgIpc) is 3.36. The third-order valence-corrected chi connectivity index (χ3v) is 5.62. The van der Waals surface area contributed by atoms with Gasteiger partial charge in [-0.1, -0.05) is 12.1 Å². The molecule has 2 aromatic heterocycles. The summed E-state index contributed by atoms with van der Waals surface area (Å²) in [6.07, 6.45) is 4.41. The fraction of sp³-hybridized carbons (Fsp3) is 0.458. The molecule has 7 nitrogen and oxygen atoms in total. The highest BCUT2D eigenvalue weighted by molar-refractivity contribution is 6.05. The first-order chi connectivity index (χ1) is 15.0. The van der Waals surface area contributed by atoms with Gasteiger partial charge in [0, 0.05) is 11.7 Å². The third kappa shape index (κ3) is 4.36. The molecule has 3 aromatic rings. The standard InChI is InChI=1S/C24H30N4O3/c1-5-30-21-10-6-7-11-22(21)31-20-12-8-9-19(20)27-24(29)17-13-16(4)26-23-18(17)14-25-28(23)15(2)3/h6-7,10-11,13-15,19-20H,5,8-9,12H2,1-4H3,(H,27,29)/t19-,20-/m1/s1. The van der Waals surface area contributed by atoms with Gasteiger partial charge in [-0.05, 0) is 65.2 Å². The summed E-state index contributed by atoms with van der Waals surface area (Å²) >= 11 is 0. The largest absolute Gasteiger partial charge is 0.490 e. The summed E-state index contributed by atoms with van der Waals surface area (Å²) in [6, 6.07) is 9.62. The molecule has 1 aliphatic carbocycles. The number of fused-ring (bicyclic) bond motifs is 1. The zero-order valence-electron chi connectivity index (χ0n) is 18.6. The molecule has 2 atom stereocenters. The van der Waals surface area contributed by atoms with Crippen LogP contribution in [0, 0.1) is 6.92 Å². The Hall–Kier alpha value is -3.09. The molecule has 1 N–H and O–H groups in total. The Bertz CT molecular complexity index is 1080. The molecule has 0 saturated heterocycles. The van der Waals surface area contributed by atoms with Crippen LogP contribution in [0.25, 0.3) is 11.0 Å². The molecule has 4 rings (SSSR count). The van der Waals surface area contributed by atoms with Gasteiger partial charge in [-0.3, -0.25) is 4.79 Å². The van der Waals surface area contributed by atoms with Gasteiger partial charge in [0.1, 0.15) is 6.10 Å². The Balaban J connectivity index is 1.55. The number of rotatable bonds is 7. The second kappa shape index (κ2) is 8.96. The minimum absolute atomic E-state index is 0.0640. The molecule has 1 aromatic carbocycles. The number of aromatic nitrogens is 3. The number of benzene rings is 1. The van der Waals surface area contributed by atoms with Crippen molar-refractivity contribution < 1.29 is 14.3 Å². The quantitative estimate of drug-likeness (QED) is 0.609. The number of pyridine rings is 1. The molecule has 0 bridgehead atoms. The lowest BCUT2D eigenvalue weighted by molar-refractivity contribution is 0.0893. The highest BCUT2D eigenvalue weighted by Crippen LogP contribution is 2.32. The maximum absolute atomic E-state index is 13.3. The van der Waals surface area contributed by atoms with E-state index in [4.69, 9.17) is 9.47 Å². The van der Waals surface area contributed by atoms with Gasteiger partial charge in [0.15, 0.2) is 17.1 Å². The molecular weight excluding hydrogens is 392 g/mol. The normalized spacial score (nSPS) is 18.5. The van der Waals surface area contributed by atoms with Gasteiger partial charge in [-0.25, -0.2) is 9.67 Å². The predicted molar refractivity (Wildman–Crippen MR) is 120 cm³/mol. The van der Waals surface area contributed by atoms with E-state index in [9.17, 15) is 4.79 Å². The Morgan fingerprint density at radius 3 is 2.77 bits per heavy atom. The maximum Gasteiger partial charge on any atom is 0.252 e. The summed E-state index contributed by atoms with van der Waals surface area (Å²) in [5.41, 5.74) is 2.14. The van der Waals surface area contributed by atoms with Crippen LogP contribution in [-0.2, 0) is 0 Å². The van der Waals surface area contributed by atoms with E-state index < -0.39 is 0 Å². The topological polar surface area (TPSA) is 78.3 Å². The van der Waals surface area contributed by atoms with E-state index in [0.717, 1.165) is 47.5 Å². The second-order valence-electron chi connectivity index (χ2n) is 8.28. The number of nitrogens with one attached hydrogen (secondary N) is 1. The summed E-state index contributed by atoms with van der Waals surface area (Å²) in [7, 11) is 0. The molecule has 7 heteroatoms. The molecule has 0 spiro atoms. The highest BCUT2D eigenvalue weighted by Gasteiger charge is 2.32. The lowest BCUT2D eigenvalue weighted by Gasteiger charge is -2.23. The Kier molecular flexibility index (Phi) is 6.11. The molecule has 2 heterocycles. The molecule has 1 aliphatic rings. The van der Waals surface area contributed by atoms with Crippen molar-refractivity contribution in [3.63, 3.8) is 0 Å². The summed E-state index contributed by atoms with van der Waals surface area (Å²) in [5, 5.41) is 8.42. The van der Waals surface area contributed by atoms with E-state index in [-0.39, 0.29) is 24.1 Å².